The minimum atomic E-state index is -0.776. The Balaban J connectivity index is 2.15. The number of hydrogen-bond acceptors (Lipinski definition) is 6. The maximum Gasteiger partial charge on any atom is 0.295 e. The van der Waals surface area contributed by atoms with Gasteiger partial charge in [0.1, 0.15) is 17.3 Å². The predicted molar refractivity (Wildman–Crippen MR) is 114 cm³/mol. The number of nitrogens with zero attached hydrogens (tertiary/aromatic N) is 2. The summed E-state index contributed by atoms with van der Waals surface area (Å²) in [4.78, 5) is 30.2. The smallest absolute Gasteiger partial charge is 0.295 e. The standard InChI is InChI=1S/C22H25FN2O4S/c1-13-8-11-30-21(13)18-17(19(26)15-12-14(23)6-7-16(15)29-4)20(27)22(28)25(18)10-5-9-24(2)3/h6-8,11-12,18,26H,5,9-10H2,1-4H3/b19-17+. The van der Waals surface area contributed by atoms with Gasteiger partial charge in [-0.2, -0.15) is 0 Å². The highest BCUT2D eigenvalue weighted by atomic mass is 32.1. The van der Waals surface area contributed by atoms with Crippen LogP contribution in [-0.2, 0) is 9.59 Å². The second-order valence-electron chi connectivity index (χ2n) is 7.46. The van der Waals surface area contributed by atoms with Crippen molar-refractivity contribution < 1.29 is 23.8 Å². The Kier molecular flexibility index (Phi) is 6.58. The highest BCUT2D eigenvalue weighted by molar-refractivity contribution is 7.10. The number of ketones is 1. The van der Waals surface area contributed by atoms with Crippen molar-refractivity contribution in [1.82, 2.24) is 9.80 Å². The maximum absolute atomic E-state index is 13.9. The van der Waals surface area contributed by atoms with E-state index in [4.69, 9.17) is 4.74 Å². The van der Waals surface area contributed by atoms with E-state index in [1.165, 1.54) is 35.5 Å². The summed E-state index contributed by atoms with van der Waals surface area (Å²) >= 11 is 1.42. The number of methoxy groups -OCH3 is 1. The lowest BCUT2D eigenvalue weighted by atomic mass is 9.98. The average Bonchev–Trinajstić information content (AvgIpc) is 3.23. The Morgan fingerprint density at radius 2 is 2.03 bits per heavy atom. The van der Waals surface area contributed by atoms with Crippen LogP contribution in [-0.4, -0.2) is 60.9 Å². The molecule has 6 nitrogen and oxygen atoms in total. The van der Waals surface area contributed by atoms with Crippen LogP contribution < -0.4 is 4.74 Å². The largest absolute Gasteiger partial charge is 0.507 e. The fourth-order valence-corrected chi connectivity index (χ4v) is 4.66. The third-order valence-corrected chi connectivity index (χ3v) is 6.18. The molecule has 8 heteroatoms. The highest BCUT2D eigenvalue weighted by Crippen LogP contribution is 2.43. The Bertz CT molecular complexity index is 999. The van der Waals surface area contributed by atoms with Gasteiger partial charge in [0.25, 0.3) is 11.7 Å². The van der Waals surface area contributed by atoms with Crippen LogP contribution in [0, 0.1) is 12.7 Å². The number of rotatable bonds is 7. The first-order valence-electron chi connectivity index (χ1n) is 9.57. The first-order valence-corrected chi connectivity index (χ1v) is 10.4. The molecule has 0 spiro atoms. The molecule has 1 saturated heterocycles. The van der Waals surface area contributed by atoms with Crippen molar-refractivity contribution in [3.63, 3.8) is 0 Å². The molecule has 30 heavy (non-hydrogen) atoms. The molecule has 1 amide bonds. The normalized spacial score (nSPS) is 18.5. The van der Waals surface area contributed by atoms with Crippen molar-refractivity contribution in [2.75, 3.05) is 34.3 Å². The molecule has 1 unspecified atom stereocenters. The average molecular weight is 433 g/mol. The van der Waals surface area contributed by atoms with Gasteiger partial charge in [-0.05, 0) is 69.2 Å². The number of thiophene rings is 1. The lowest BCUT2D eigenvalue weighted by Gasteiger charge is -2.25. The molecule has 1 aliphatic rings. The van der Waals surface area contributed by atoms with Crippen LogP contribution in [0.5, 0.6) is 5.75 Å². The monoisotopic (exact) mass is 432 g/mol. The molecule has 2 heterocycles. The summed E-state index contributed by atoms with van der Waals surface area (Å²) in [6.45, 7) is 3.01. The number of amides is 1. The van der Waals surface area contributed by atoms with Crippen molar-refractivity contribution in [3.8, 4) is 5.75 Å². The molecular weight excluding hydrogens is 407 g/mol. The minimum Gasteiger partial charge on any atom is -0.507 e. The molecule has 1 fully saturated rings. The molecule has 2 aromatic rings. The summed E-state index contributed by atoms with van der Waals surface area (Å²) < 4.78 is 19.1. The van der Waals surface area contributed by atoms with Crippen molar-refractivity contribution in [2.24, 2.45) is 0 Å². The Morgan fingerprint density at radius 3 is 2.63 bits per heavy atom. The zero-order valence-corrected chi connectivity index (χ0v) is 18.3. The van der Waals surface area contributed by atoms with E-state index >= 15 is 0 Å². The van der Waals surface area contributed by atoms with Crippen LogP contribution in [0.4, 0.5) is 4.39 Å². The van der Waals surface area contributed by atoms with Crippen LogP contribution >= 0.6 is 11.3 Å². The van der Waals surface area contributed by atoms with Crippen LogP contribution in [0.2, 0.25) is 0 Å². The molecule has 3 rings (SSSR count). The van der Waals surface area contributed by atoms with E-state index < -0.39 is 29.3 Å². The Hall–Kier alpha value is -2.71. The number of Topliss-reactive ketones (excluding diaryl/α,β-unsaturated/α-hetero) is 1. The van der Waals surface area contributed by atoms with Gasteiger partial charge in [-0.1, -0.05) is 0 Å². The number of halogens is 1. The summed E-state index contributed by atoms with van der Waals surface area (Å²) in [5.41, 5.74) is 0.920. The molecule has 1 aromatic carbocycles. The number of aryl methyl sites for hydroxylation is 1. The topological polar surface area (TPSA) is 70.1 Å². The molecule has 1 aliphatic heterocycles. The van der Waals surface area contributed by atoms with Crippen LogP contribution in [0.15, 0.2) is 35.2 Å². The van der Waals surface area contributed by atoms with Gasteiger partial charge in [0.15, 0.2) is 0 Å². The number of carbonyl (C=O) groups excluding carboxylic acids is 2. The zero-order chi connectivity index (χ0) is 22.0. The molecule has 0 radical (unpaired) electrons. The molecule has 1 N–H and O–H groups in total. The van der Waals surface area contributed by atoms with Gasteiger partial charge in [-0.15, -0.1) is 11.3 Å². The third kappa shape index (κ3) is 4.11. The number of aliphatic hydroxyl groups is 1. The molecule has 0 bridgehead atoms. The molecule has 0 saturated carbocycles. The summed E-state index contributed by atoms with van der Waals surface area (Å²) in [7, 11) is 5.27. The quantitative estimate of drug-likeness (QED) is 0.411. The maximum atomic E-state index is 13.9. The van der Waals surface area contributed by atoms with Gasteiger partial charge in [-0.3, -0.25) is 9.59 Å². The third-order valence-electron chi connectivity index (χ3n) is 5.11. The van der Waals surface area contributed by atoms with E-state index in [0.717, 1.165) is 23.1 Å². The minimum absolute atomic E-state index is 0.0423. The summed E-state index contributed by atoms with van der Waals surface area (Å²) in [5.74, 6) is -2.24. The van der Waals surface area contributed by atoms with Crippen molar-refractivity contribution >= 4 is 28.8 Å². The number of aliphatic hydroxyl groups excluding tert-OH is 1. The number of hydrogen-bond donors (Lipinski definition) is 1. The lowest BCUT2D eigenvalue weighted by molar-refractivity contribution is -0.139. The Labute approximate surface area is 179 Å². The number of ether oxygens (including phenoxy) is 1. The van der Waals surface area contributed by atoms with Gasteiger partial charge in [-0.25, -0.2) is 4.39 Å². The first-order chi connectivity index (χ1) is 14.3. The molecule has 0 aliphatic carbocycles. The first kappa shape index (κ1) is 22.0. The summed E-state index contributed by atoms with van der Waals surface area (Å²) in [6, 6.07) is 4.87. The fraction of sp³-hybridized carbons (Fsp3) is 0.364. The van der Waals surface area contributed by atoms with E-state index in [9.17, 15) is 19.1 Å². The van der Waals surface area contributed by atoms with Crippen molar-refractivity contribution in [3.05, 3.63) is 57.0 Å². The van der Waals surface area contributed by atoms with Crippen LogP contribution in [0.25, 0.3) is 5.76 Å². The zero-order valence-electron chi connectivity index (χ0n) is 17.4. The summed E-state index contributed by atoms with van der Waals surface area (Å²) in [5, 5.41) is 12.9. The molecule has 160 valence electrons. The van der Waals surface area contributed by atoms with E-state index in [2.05, 4.69) is 0 Å². The van der Waals surface area contributed by atoms with Crippen LogP contribution in [0.3, 0.4) is 0 Å². The second kappa shape index (κ2) is 8.97. The molecular formula is C22H25FN2O4S. The van der Waals surface area contributed by atoms with E-state index in [1.54, 1.807) is 0 Å². The molecule has 1 atom stereocenters. The summed E-state index contributed by atoms with van der Waals surface area (Å²) in [6.07, 6.45) is 0.671. The van der Waals surface area contributed by atoms with Gasteiger partial charge in [0.05, 0.1) is 24.3 Å². The van der Waals surface area contributed by atoms with Crippen molar-refractivity contribution in [2.45, 2.75) is 19.4 Å². The van der Waals surface area contributed by atoms with E-state index in [0.29, 0.717) is 13.0 Å². The molecule has 1 aromatic heterocycles. The van der Waals surface area contributed by atoms with Gasteiger partial charge in [0, 0.05) is 11.4 Å². The van der Waals surface area contributed by atoms with Gasteiger partial charge >= 0.3 is 0 Å². The van der Waals surface area contributed by atoms with E-state index in [-0.39, 0.29) is 16.9 Å². The number of benzene rings is 1. The van der Waals surface area contributed by atoms with Gasteiger partial charge < -0.3 is 19.6 Å². The van der Waals surface area contributed by atoms with Crippen molar-refractivity contribution in [1.29, 1.82) is 0 Å². The fourth-order valence-electron chi connectivity index (χ4n) is 3.62. The predicted octanol–water partition coefficient (Wildman–Crippen LogP) is 3.58. The van der Waals surface area contributed by atoms with Crippen LogP contribution in [0.1, 0.15) is 28.5 Å². The number of carbonyl (C=O) groups is 2. The SMILES string of the molecule is COc1ccc(F)cc1/C(O)=C1\C(=O)C(=O)N(CCCN(C)C)C1c1sccc1C. The Morgan fingerprint density at radius 1 is 1.30 bits per heavy atom. The van der Waals surface area contributed by atoms with E-state index in [1.807, 2.05) is 37.4 Å². The van der Waals surface area contributed by atoms with Gasteiger partial charge in [0.2, 0.25) is 0 Å². The second-order valence-corrected chi connectivity index (χ2v) is 8.41. The lowest BCUT2D eigenvalue weighted by Crippen LogP contribution is -2.32. The highest BCUT2D eigenvalue weighted by Gasteiger charge is 2.47. The number of likely N-dealkylation sites (tertiary alicyclic amines) is 1.